The molecule has 0 aliphatic heterocycles. The zero-order valence-corrected chi connectivity index (χ0v) is 12.2. The van der Waals surface area contributed by atoms with Gasteiger partial charge in [0.1, 0.15) is 5.82 Å². The fourth-order valence-electron chi connectivity index (χ4n) is 2.01. The van der Waals surface area contributed by atoms with Crippen molar-refractivity contribution in [2.45, 2.75) is 52.5 Å². The van der Waals surface area contributed by atoms with Crippen LogP contribution < -0.4 is 5.73 Å². The van der Waals surface area contributed by atoms with Gasteiger partial charge in [0.25, 0.3) is 0 Å². The predicted molar refractivity (Wildman–Crippen MR) is 75.9 cm³/mol. The van der Waals surface area contributed by atoms with Crippen LogP contribution in [0.25, 0.3) is 0 Å². The highest BCUT2D eigenvalue weighted by atomic mass is 16.5. The van der Waals surface area contributed by atoms with Gasteiger partial charge in [-0.05, 0) is 12.3 Å². The molecule has 1 heterocycles. The van der Waals surface area contributed by atoms with Gasteiger partial charge in [0, 0.05) is 6.54 Å². The average molecular weight is 267 g/mol. The number of nitrogen functional groups attached to an aromatic ring is 1. The summed E-state index contributed by atoms with van der Waals surface area (Å²) in [5.74, 6) is 0.703. The molecule has 0 saturated carbocycles. The number of imidazole rings is 1. The first-order valence-electron chi connectivity index (χ1n) is 6.95. The SMILES string of the molecule is COC(=O)c1ncn(CCCCCCC(C)C)c1N. The van der Waals surface area contributed by atoms with E-state index in [-0.39, 0.29) is 5.69 Å². The largest absolute Gasteiger partial charge is 0.464 e. The van der Waals surface area contributed by atoms with Gasteiger partial charge in [-0.25, -0.2) is 9.78 Å². The van der Waals surface area contributed by atoms with E-state index in [9.17, 15) is 4.79 Å². The first-order chi connectivity index (χ1) is 9.06. The maximum absolute atomic E-state index is 11.3. The fraction of sp³-hybridized carbons (Fsp3) is 0.714. The monoisotopic (exact) mass is 267 g/mol. The predicted octanol–water partition coefficient (Wildman–Crippen LogP) is 2.86. The van der Waals surface area contributed by atoms with E-state index in [1.165, 1.54) is 32.8 Å². The van der Waals surface area contributed by atoms with Crippen LogP contribution >= 0.6 is 0 Å². The third kappa shape index (κ3) is 4.93. The molecule has 1 aromatic rings. The summed E-state index contributed by atoms with van der Waals surface area (Å²) in [7, 11) is 1.33. The molecular formula is C14H25N3O2. The van der Waals surface area contributed by atoms with E-state index in [4.69, 9.17) is 5.73 Å². The third-order valence-electron chi connectivity index (χ3n) is 3.19. The highest BCUT2D eigenvalue weighted by Gasteiger charge is 2.15. The van der Waals surface area contributed by atoms with E-state index < -0.39 is 5.97 Å². The number of carbonyl (C=O) groups excluding carboxylic acids is 1. The average Bonchev–Trinajstić information content (AvgIpc) is 2.74. The van der Waals surface area contributed by atoms with Crippen LogP contribution in [0.5, 0.6) is 0 Å². The third-order valence-corrected chi connectivity index (χ3v) is 3.19. The zero-order chi connectivity index (χ0) is 14.3. The molecule has 5 heteroatoms. The fourth-order valence-corrected chi connectivity index (χ4v) is 2.01. The molecule has 5 nitrogen and oxygen atoms in total. The van der Waals surface area contributed by atoms with Crippen LogP contribution in [0.2, 0.25) is 0 Å². The normalized spacial score (nSPS) is 10.9. The van der Waals surface area contributed by atoms with Crippen molar-refractivity contribution < 1.29 is 9.53 Å². The number of esters is 1. The quantitative estimate of drug-likeness (QED) is 0.581. The smallest absolute Gasteiger partial charge is 0.360 e. The number of ether oxygens (including phenoxy) is 1. The molecule has 0 spiro atoms. The molecule has 0 aliphatic carbocycles. The number of nitrogens with two attached hydrogens (primary N) is 1. The van der Waals surface area contributed by atoms with Crippen LogP contribution in [0.3, 0.4) is 0 Å². The van der Waals surface area contributed by atoms with Gasteiger partial charge in [-0.15, -0.1) is 0 Å². The molecule has 0 saturated heterocycles. The second-order valence-corrected chi connectivity index (χ2v) is 5.26. The van der Waals surface area contributed by atoms with Crippen LogP contribution in [-0.4, -0.2) is 22.6 Å². The van der Waals surface area contributed by atoms with Gasteiger partial charge in [-0.2, -0.15) is 0 Å². The number of carbonyl (C=O) groups is 1. The lowest BCUT2D eigenvalue weighted by atomic mass is 10.0. The molecule has 108 valence electrons. The van der Waals surface area contributed by atoms with E-state index in [1.54, 1.807) is 6.33 Å². The molecule has 0 aromatic carbocycles. The van der Waals surface area contributed by atoms with Crippen molar-refractivity contribution in [2.24, 2.45) is 5.92 Å². The number of anilines is 1. The van der Waals surface area contributed by atoms with E-state index in [0.29, 0.717) is 5.82 Å². The number of unbranched alkanes of at least 4 members (excludes halogenated alkanes) is 3. The summed E-state index contributed by atoms with van der Waals surface area (Å²) in [4.78, 5) is 15.3. The van der Waals surface area contributed by atoms with E-state index in [0.717, 1.165) is 18.9 Å². The van der Waals surface area contributed by atoms with Crippen molar-refractivity contribution in [3.63, 3.8) is 0 Å². The summed E-state index contributed by atoms with van der Waals surface area (Å²) in [6, 6.07) is 0. The van der Waals surface area contributed by atoms with Crippen molar-refractivity contribution in [3.05, 3.63) is 12.0 Å². The number of hydrogen-bond donors (Lipinski definition) is 1. The molecular weight excluding hydrogens is 242 g/mol. The van der Waals surface area contributed by atoms with Crippen molar-refractivity contribution in [1.82, 2.24) is 9.55 Å². The number of methoxy groups -OCH3 is 1. The molecule has 0 fully saturated rings. The minimum absolute atomic E-state index is 0.210. The van der Waals surface area contributed by atoms with Crippen LogP contribution in [0.4, 0.5) is 5.82 Å². The summed E-state index contributed by atoms with van der Waals surface area (Å²) in [6.45, 7) is 5.30. The molecule has 0 aliphatic rings. The minimum atomic E-state index is -0.479. The van der Waals surface area contributed by atoms with Crippen LogP contribution in [0.15, 0.2) is 6.33 Å². The number of hydrogen-bond acceptors (Lipinski definition) is 4. The van der Waals surface area contributed by atoms with Gasteiger partial charge in [-0.1, -0.05) is 39.5 Å². The van der Waals surface area contributed by atoms with E-state index >= 15 is 0 Å². The Morgan fingerprint density at radius 3 is 2.68 bits per heavy atom. The molecule has 0 bridgehead atoms. The summed E-state index contributed by atoms with van der Waals surface area (Å²) < 4.78 is 6.43. The van der Waals surface area contributed by atoms with Gasteiger partial charge in [0.2, 0.25) is 0 Å². The Hall–Kier alpha value is -1.52. The molecule has 0 amide bonds. The maximum Gasteiger partial charge on any atom is 0.360 e. The van der Waals surface area contributed by atoms with Crippen molar-refractivity contribution in [1.29, 1.82) is 0 Å². The van der Waals surface area contributed by atoms with Gasteiger partial charge < -0.3 is 15.0 Å². The van der Waals surface area contributed by atoms with Gasteiger partial charge in [0.05, 0.1) is 13.4 Å². The Kier molecular flexibility index (Phi) is 6.39. The second kappa shape index (κ2) is 7.81. The molecule has 0 radical (unpaired) electrons. The minimum Gasteiger partial charge on any atom is -0.464 e. The Morgan fingerprint density at radius 2 is 2.05 bits per heavy atom. The highest BCUT2D eigenvalue weighted by Crippen LogP contribution is 2.14. The maximum atomic E-state index is 11.3. The Morgan fingerprint density at radius 1 is 1.37 bits per heavy atom. The van der Waals surface area contributed by atoms with Gasteiger partial charge >= 0.3 is 5.97 Å². The summed E-state index contributed by atoms with van der Waals surface area (Å²) in [6.07, 6.45) is 7.66. The summed E-state index contributed by atoms with van der Waals surface area (Å²) >= 11 is 0. The standard InChI is InChI=1S/C14H25N3O2/c1-11(2)8-6-4-5-7-9-17-10-16-12(13(17)15)14(18)19-3/h10-11H,4-9,15H2,1-3H3. The summed E-state index contributed by atoms with van der Waals surface area (Å²) in [5, 5.41) is 0. The topological polar surface area (TPSA) is 70.1 Å². The first-order valence-corrected chi connectivity index (χ1v) is 6.95. The number of nitrogens with zero attached hydrogens (tertiary/aromatic N) is 2. The molecule has 1 aromatic heterocycles. The summed E-state index contributed by atoms with van der Waals surface area (Å²) in [5.41, 5.74) is 6.07. The van der Waals surface area contributed by atoms with Gasteiger partial charge in [-0.3, -0.25) is 0 Å². The van der Waals surface area contributed by atoms with E-state index in [1.807, 2.05) is 4.57 Å². The molecule has 0 atom stereocenters. The Balaban J connectivity index is 2.30. The van der Waals surface area contributed by atoms with Crippen LogP contribution in [0.1, 0.15) is 56.4 Å². The lowest BCUT2D eigenvalue weighted by molar-refractivity contribution is 0.0596. The van der Waals surface area contributed by atoms with E-state index in [2.05, 4.69) is 23.6 Å². The Bertz CT molecular complexity index is 399. The number of rotatable bonds is 8. The first kappa shape index (κ1) is 15.5. The van der Waals surface area contributed by atoms with Crippen molar-refractivity contribution in [2.75, 3.05) is 12.8 Å². The van der Waals surface area contributed by atoms with Crippen molar-refractivity contribution >= 4 is 11.8 Å². The molecule has 2 N–H and O–H groups in total. The molecule has 0 unspecified atom stereocenters. The zero-order valence-electron chi connectivity index (χ0n) is 12.2. The molecule has 19 heavy (non-hydrogen) atoms. The van der Waals surface area contributed by atoms with Crippen LogP contribution in [0, 0.1) is 5.92 Å². The lowest BCUT2D eigenvalue weighted by Crippen LogP contribution is -2.08. The van der Waals surface area contributed by atoms with Gasteiger partial charge in [0.15, 0.2) is 5.69 Å². The number of aromatic nitrogens is 2. The lowest BCUT2D eigenvalue weighted by Gasteiger charge is -2.06. The van der Waals surface area contributed by atoms with Crippen molar-refractivity contribution in [3.8, 4) is 0 Å². The second-order valence-electron chi connectivity index (χ2n) is 5.26. The van der Waals surface area contributed by atoms with Crippen LogP contribution in [-0.2, 0) is 11.3 Å². The molecule has 1 rings (SSSR count). The number of aryl methyl sites for hydroxylation is 1. The Labute approximate surface area is 115 Å². The highest BCUT2D eigenvalue weighted by molar-refractivity contribution is 5.91.